The second-order valence-corrected chi connectivity index (χ2v) is 7.74. The van der Waals surface area contributed by atoms with Crippen molar-refractivity contribution in [3.05, 3.63) is 58.2 Å². The molecule has 29 heavy (non-hydrogen) atoms. The third kappa shape index (κ3) is 4.36. The Labute approximate surface area is 171 Å². The van der Waals surface area contributed by atoms with Crippen LogP contribution in [0, 0.1) is 32.5 Å². The van der Waals surface area contributed by atoms with Crippen LogP contribution in [-0.2, 0) is 16.1 Å². The highest BCUT2D eigenvalue weighted by atomic mass is 19.1. The van der Waals surface area contributed by atoms with Gasteiger partial charge in [-0.3, -0.25) is 9.59 Å². The van der Waals surface area contributed by atoms with Gasteiger partial charge in [-0.2, -0.15) is 0 Å². The molecule has 1 aromatic heterocycles. The number of carbonyl (C=O) groups excluding carboxylic acids is 2. The Balaban J connectivity index is 1.89. The van der Waals surface area contributed by atoms with E-state index < -0.39 is 0 Å². The molecular formula is C23H29FN2O3. The van der Waals surface area contributed by atoms with Gasteiger partial charge in [0.05, 0.1) is 12.5 Å². The lowest BCUT2D eigenvalue weighted by atomic mass is 9.97. The first-order valence-electron chi connectivity index (χ1n) is 10.2. The molecule has 2 heterocycles. The van der Waals surface area contributed by atoms with E-state index in [9.17, 15) is 14.0 Å². The minimum Gasteiger partial charge on any atom is -0.466 e. The molecule has 0 unspecified atom stereocenters. The zero-order valence-electron chi connectivity index (χ0n) is 17.6. The van der Waals surface area contributed by atoms with Crippen molar-refractivity contribution in [1.82, 2.24) is 9.47 Å². The summed E-state index contributed by atoms with van der Waals surface area (Å²) in [6.45, 7) is 9.63. The largest absolute Gasteiger partial charge is 0.466 e. The summed E-state index contributed by atoms with van der Waals surface area (Å²) in [7, 11) is 0. The Hall–Kier alpha value is -2.63. The molecule has 0 saturated carbocycles. The van der Waals surface area contributed by atoms with Crippen LogP contribution in [0.3, 0.4) is 0 Å². The molecule has 0 aliphatic carbocycles. The molecule has 3 rings (SSSR count). The molecule has 1 fully saturated rings. The molecule has 0 bridgehead atoms. The second kappa shape index (κ2) is 8.80. The van der Waals surface area contributed by atoms with Crippen LogP contribution in [0.4, 0.5) is 4.39 Å². The Morgan fingerprint density at radius 2 is 1.83 bits per heavy atom. The number of ether oxygens (including phenoxy) is 1. The lowest BCUT2D eigenvalue weighted by Crippen LogP contribution is -2.43. The molecule has 1 aromatic carbocycles. The van der Waals surface area contributed by atoms with E-state index in [0.29, 0.717) is 31.9 Å². The van der Waals surface area contributed by atoms with E-state index in [4.69, 9.17) is 4.74 Å². The maximum atomic E-state index is 13.5. The molecule has 2 aromatic rings. The van der Waals surface area contributed by atoms with Crippen LogP contribution in [0.5, 0.6) is 0 Å². The van der Waals surface area contributed by atoms with Gasteiger partial charge in [-0.05, 0) is 69.4 Å². The van der Waals surface area contributed by atoms with Crippen molar-refractivity contribution in [2.75, 3.05) is 19.7 Å². The Morgan fingerprint density at radius 1 is 1.14 bits per heavy atom. The van der Waals surface area contributed by atoms with Gasteiger partial charge in [0.1, 0.15) is 11.5 Å². The monoisotopic (exact) mass is 400 g/mol. The van der Waals surface area contributed by atoms with E-state index in [1.54, 1.807) is 24.0 Å². The number of hydrogen-bond acceptors (Lipinski definition) is 3. The van der Waals surface area contributed by atoms with Crippen molar-refractivity contribution in [2.45, 2.75) is 47.1 Å². The molecule has 1 atom stereocenters. The molecule has 1 saturated heterocycles. The second-order valence-electron chi connectivity index (χ2n) is 7.74. The average molecular weight is 400 g/mol. The molecule has 0 N–H and O–H groups in total. The SMILES string of the molecule is CCOC(=O)[C@H]1CCCN(C(=O)c2c(C)c(C)c(C)n2Cc2ccc(F)cc2)C1. The van der Waals surface area contributed by atoms with Gasteiger partial charge in [0, 0.05) is 25.3 Å². The maximum absolute atomic E-state index is 13.5. The summed E-state index contributed by atoms with van der Waals surface area (Å²) in [6, 6.07) is 6.35. The number of likely N-dealkylation sites (tertiary alicyclic amines) is 1. The van der Waals surface area contributed by atoms with Crippen LogP contribution in [-0.4, -0.2) is 41.0 Å². The van der Waals surface area contributed by atoms with Gasteiger partial charge in [-0.25, -0.2) is 4.39 Å². The predicted octanol–water partition coefficient (Wildman–Crippen LogP) is 4.02. The van der Waals surface area contributed by atoms with E-state index in [0.717, 1.165) is 35.2 Å². The summed E-state index contributed by atoms with van der Waals surface area (Å²) in [6.07, 6.45) is 1.53. The summed E-state index contributed by atoms with van der Waals surface area (Å²) in [4.78, 5) is 27.4. The first-order chi connectivity index (χ1) is 13.8. The van der Waals surface area contributed by atoms with Crippen LogP contribution in [0.2, 0.25) is 0 Å². The quantitative estimate of drug-likeness (QED) is 0.713. The smallest absolute Gasteiger partial charge is 0.310 e. The van der Waals surface area contributed by atoms with E-state index in [1.165, 1.54) is 12.1 Å². The molecule has 6 heteroatoms. The third-order valence-electron chi connectivity index (χ3n) is 5.92. The molecule has 156 valence electrons. The summed E-state index contributed by atoms with van der Waals surface area (Å²) in [5, 5.41) is 0. The summed E-state index contributed by atoms with van der Waals surface area (Å²) in [5.41, 5.74) is 4.63. The van der Waals surface area contributed by atoms with Crippen LogP contribution >= 0.6 is 0 Å². The minimum absolute atomic E-state index is 0.0604. The van der Waals surface area contributed by atoms with Gasteiger partial charge in [0.25, 0.3) is 5.91 Å². The molecule has 0 spiro atoms. The molecule has 0 radical (unpaired) electrons. The van der Waals surface area contributed by atoms with E-state index in [-0.39, 0.29) is 23.6 Å². The standard InChI is InChI=1S/C23H29FN2O3/c1-5-29-23(28)19-7-6-12-25(14-19)22(27)21-16(3)15(2)17(4)26(21)13-18-8-10-20(24)11-9-18/h8-11,19H,5-7,12-14H2,1-4H3/t19-/m0/s1. The molecule has 1 amide bonds. The van der Waals surface area contributed by atoms with Crippen molar-refractivity contribution in [2.24, 2.45) is 5.92 Å². The average Bonchev–Trinajstić information content (AvgIpc) is 2.93. The van der Waals surface area contributed by atoms with E-state index in [1.807, 2.05) is 25.3 Å². The van der Waals surface area contributed by atoms with Crippen molar-refractivity contribution in [3.8, 4) is 0 Å². The number of rotatable bonds is 5. The number of halogens is 1. The number of piperidine rings is 1. The number of nitrogens with zero attached hydrogens (tertiary/aromatic N) is 2. The zero-order valence-corrected chi connectivity index (χ0v) is 17.6. The normalized spacial score (nSPS) is 16.7. The summed E-state index contributed by atoms with van der Waals surface area (Å²) >= 11 is 0. The summed E-state index contributed by atoms with van der Waals surface area (Å²) < 4.78 is 20.4. The van der Waals surface area contributed by atoms with Crippen molar-refractivity contribution < 1.29 is 18.7 Å². The van der Waals surface area contributed by atoms with Gasteiger partial charge in [-0.1, -0.05) is 12.1 Å². The summed E-state index contributed by atoms with van der Waals surface area (Å²) in [5.74, 6) is -0.832. The highest BCUT2D eigenvalue weighted by Gasteiger charge is 2.32. The Morgan fingerprint density at radius 3 is 2.48 bits per heavy atom. The van der Waals surface area contributed by atoms with Gasteiger partial charge in [0.2, 0.25) is 0 Å². The van der Waals surface area contributed by atoms with Gasteiger partial charge in [0.15, 0.2) is 0 Å². The van der Waals surface area contributed by atoms with Crippen LogP contribution in [0.25, 0.3) is 0 Å². The number of hydrogen-bond donors (Lipinski definition) is 0. The predicted molar refractivity (Wildman–Crippen MR) is 109 cm³/mol. The number of esters is 1. The van der Waals surface area contributed by atoms with Crippen molar-refractivity contribution in [3.63, 3.8) is 0 Å². The van der Waals surface area contributed by atoms with Gasteiger partial charge in [-0.15, -0.1) is 0 Å². The van der Waals surface area contributed by atoms with Crippen LogP contribution < -0.4 is 0 Å². The first-order valence-corrected chi connectivity index (χ1v) is 10.2. The Kier molecular flexibility index (Phi) is 6.40. The highest BCUT2D eigenvalue weighted by molar-refractivity contribution is 5.95. The number of benzene rings is 1. The zero-order chi connectivity index (χ0) is 21.1. The fraction of sp³-hybridized carbons (Fsp3) is 0.478. The van der Waals surface area contributed by atoms with Crippen molar-refractivity contribution >= 4 is 11.9 Å². The number of carbonyl (C=O) groups is 2. The number of amides is 1. The van der Waals surface area contributed by atoms with Crippen LogP contribution in [0.15, 0.2) is 24.3 Å². The minimum atomic E-state index is -0.278. The molecule has 5 nitrogen and oxygen atoms in total. The van der Waals surface area contributed by atoms with E-state index in [2.05, 4.69) is 0 Å². The topological polar surface area (TPSA) is 51.5 Å². The number of aromatic nitrogens is 1. The molecular weight excluding hydrogens is 371 g/mol. The fourth-order valence-corrected chi connectivity index (χ4v) is 4.03. The van der Waals surface area contributed by atoms with Crippen LogP contribution in [0.1, 0.15) is 52.6 Å². The van der Waals surface area contributed by atoms with E-state index >= 15 is 0 Å². The third-order valence-corrected chi connectivity index (χ3v) is 5.92. The lowest BCUT2D eigenvalue weighted by Gasteiger charge is -2.32. The Bertz CT molecular complexity index is 902. The maximum Gasteiger partial charge on any atom is 0.310 e. The lowest BCUT2D eigenvalue weighted by molar-refractivity contribution is -0.149. The van der Waals surface area contributed by atoms with Gasteiger partial charge < -0.3 is 14.2 Å². The first kappa shape index (κ1) is 21.1. The fourth-order valence-electron chi connectivity index (χ4n) is 4.03. The molecule has 1 aliphatic rings. The van der Waals surface area contributed by atoms with Gasteiger partial charge >= 0.3 is 5.97 Å². The molecule has 1 aliphatic heterocycles. The highest BCUT2D eigenvalue weighted by Crippen LogP contribution is 2.26. The van der Waals surface area contributed by atoms with Crippen molar-refractivity contribution in [1.29, 1.82) is 0 Å².